The highest BCUT2D eigenvalue weighted by Gasteiger charge is 2.08. The fourth-order valence-corrected chi connectivity index (χ4v) is 2.15. The number of anilines is 1. The largest absolute Gasteiger partial charge is 0.284 e. The summed E-state index contributed by atoms with van der Waals surface area (Å²) in [6, 6.07) is 7.13. The van der Waals surface area contributed by atoms with Gasteiger partial charge in [-0.15, -0.1) is 4.91 Å². The van der Waals surface area contributed by atoms with Crippen LogP contribution in [0.15, 0.2) is 29.6 Å². The van der Waals surface area contributed by atoms with E-state index in [0.717, 1.165) is 11.8 Å². The van der Waals surface area contributed by atoms with Gasteiger partial charge in [0.1, 0.15) is 0 Å². The van der Waals surface area contributed by atoms with E-state index >= 15 is 0 Å². The van der Waals surface area contributed by atoms with E-state index < -0.39 is 10.0 Å². The number of nitroso groups, excluding NO2 is 1. The molecule has 0 aromatic heterocycles. The van der Waals surface area contributed by atoms with Crippen molar-refractivity contribution in [3.63, 3.8) is 0 Å². The number of hydrogen-bond acceptors (Lipinski definition) is 4. The van der Waals surface area contributed by atoms with Gasteiger partial charge < -0.3 is 0 Å². The highest BCUT2D eigenvalue weighted by molar-refractivity contribution is 7.92. The maximum absolute atomic E-state index is 11.0. The number of benzene rings is 1. The van der Waals surface area contributed by atoms with Crippen molar-refractivity contribution < 1.29 is 8.42 Å². The van der Waals surface area contributed by atoms with Crippen LogP contribution in [0.1, 0.15) is 19.4 Å². The molecule has 0 unspecified atom stereocenters. The maximum atomic E-state index is 11.0. The van der Waals surface area contributed by atoms with E-state index in [1.807, 2.05) is 26.0 Å². The summed E-state index contributed by atoms with van der Waals surface area (Å²) in [6.07, 6.45) is 1.79. The summed E-state index contributed by atoms with van der Waals surface area (Å²) in [7, 11) is -3.25. The van der Waals surface area contributed by atoms with Crippen molar-refractivity contribution in [1.82, 2.24) is 5.01 Å². The Hall–Kier alpha value is -1.63. The van der Waals surface area contributed by atoms with Gasteiger partial charge in [-0.05, 0) is 38.0 Å². The minimum absolute atomic E-state index is 0.0728. The van der Waals surface area contributed by atoms with Crippen LogP contribution in [0.25, 0.3) is 0 Å². The van der Waals surface area contributed by atoms with Crippen LogP contribution in [0.5, 0.6) is 0 Å². The lowest BCUT2D eigenvalue weighted by molar-refractivity contribution is 0.232. The Morgan fingerprint density at radius 1 is 1.26 bits per heavy atom. The molecule has 0 amide bonds. The molecule has 0 aliphatic rings. The van der Waals surface area contributed by atoms with E-state index in [-0.39, 0.29) is 6.04 Å². The lowest BCUT2D eigenvalue weighted by Crippen LogP contribution is -2.27. The summed E-state index contributed by atoms with van der Waals surface area (Å²) in [4.78, 5) is 10.6. The Balaban J connectivity index is 2.60. The lowest BCUT2D eigenvalue weighted by atomic mass is 10.1. The first kappa shape index (κ1) is 15.4. The molecule has 0 fully saturated rings. The monoisotopic (exact) mass is 285 g/mol. The molecular weight excluding hydrogens is 266 g/mol. The van der Waals surface area contributed by atoms with Gasteiger partial charge in [0, 0.05) is 18.3 Å². The van der Waals surface area contributed by atoms with Crippen molar-refractivity contribution in [2.24, 2.45) is 5.29 Å². The Morgan fingerprint density at radius 3 is 2.26 bits per heavy atom. The second kappa shape index (κ2) is 6.51. The molecule has 0 atom stereocenters. The first-order valence-electron chi connectivity index (χ1n) is 5.98. The highest BCUT2D eigenvalue weighted by Crippen LogP contribution is 2.12. The van der Waals surface area contributed by atoms with Crippen LogP contribution in [0.4, 0.5) is 5.69 Å². The molecule has 6 nitrogen and oxygen atoms in total. The fourth-order valence-electron chi connectivity index (χ4n) is 1.59. The van der Waals surface area contributed by atoms with E-state index in [4.69, 9.17) is 0 Å². The van der Waals surface area contributed by atoms with Crippen molar-refractivity contribution >= 4 is 15.7 Å². The first-order valence-corrected chi connectivity index (χ1v) is 7.87. The summed E-state index contributed by atoms with van der Waals surface area (Å²) in [5.74, 6) is 0. The number of sulfonamides is 1. The normalized spacial score (nSPS) is 11.4. The molecule has 0 aliphatic carbocycles. The van der Waals surface area contributed by atoms with Gasteiger partial charge in [0.25, 0.3) is 0 Å². The summed E-state index contributed by atoms with van der Waals surface area (Å²) in [6.45, 7) is 4.35. The molecule has 0 bridgehead atoms. The van der Waals surface area contributed by atoms with Gasteiger partial charge in [0.2, 0.25) is 10.0 Å². The van der Waals surface area contributed by atoms with Crippen LogP contribution in [0.3, 0.4) is 0 Å². The van der Waals surface area contributed by atoms with Gasteiger partial charge in [0.05, 0.1) is 11.5 Å². The Kier molecular flexibility index (Phi) is 5.29. The molecule has 19 heavy (non-hydrogen) atoms. The first-order chi connectivity index (χ1) is 8.81. The summed E-state index contributed by atoms with van der Waals surface area (Å²) < 4.78 is 24.5. The van der Waals surface area contributed by atoms with Crippen LogP contribution >= 0.6 is 0 Å². The molecule has 1 rings (SSSR count). The van der Waals surface area contributed by atoms with E-state index in [0.29, 0.717) is 18.7 Å². The maximum Gasteiger partial charge on any atom is 0.229 e. The SMILES string of the molecule is CC(C)N(CCc1ccc(NS(C)(=O)=O)cc1)N=O. The zero-order chi connectivity index (χ0) is 14.5. The number of nitrogens with zero attached hydrogens (tertiary/aromatic N) is 2. The quantitative estimate of drug-likeness (QED) is 0.614. The third-order valence-corrected chi connectivity index (χ3v) is 3.19. The zero-order valence-electron chi connectivity index (χ0n) is 11.3. The van der Waals surface area contributed by atoms with Gasteiger partial charge in [-0.2, -0.15) is 0 Å². The molecular formula is C12H19N3O3S. The molecule has 0 heterocycles. The van der Waals surface area contributed by atoms with Crippen LogP contribution in [0.2, 0.25) is 0 Å². The number of hydrogen-bond donors (Lipinski definition) is 1. The van der Waals surface area contributed by atoms with E-state index in [9.17, 15) is 13.3 Å². The molecule has 0 aliphatic heterocycles. The molecule has 0 saturated heterocycles. The van der Waals surface area contributed by atoms with Gasteiger partial charge in [-0.25, -0.2) is 8.42 Å². The van der Waals surface area contributed by atoms with Crippen molar-refractivity contribution in [1.29, 1.82) is 0 Å². The van der Waals surface area contributed by atoms with Gasteiger partial charge >= 0.3 is 0 Å². The zero-order valence-corrected chi connectivity index (χ0v) is 12.1. The van der Waals surface area contributed by atoms with Gasteiger partial charge in [0.15, 0.2) is 0 Å². The number of nitrogens with one attached hydrogen (secondary N) is 1. The average Bonchev–Trinajstić information content (AvgIpc) is 2.29. The molecule has 106 valence electrons. The summed E-state index contributed by atoms with van der Waals surface area (Å²) >= 11 is 0. The van der Waals surface area contributed by atoms with Gasteiger partial charge in [-0.3, -0.25) is 9.73 Å². The van der Waals surface area contributed by atoms with Crippen molar-refractivity contribution in [2.45, 2.75) is 26.3 Å². The minimum atomic E-state index is -3.25. The third kappa shape index (κ3) is 5.69. The minimum Gasteiger partial charge on any atom is -0.284 e. The standard InChI is InChI=1S/C12H19N3O3S/c1-10(2)15(14-16)9-8-11-4-6-12(7-5-11)13-19(3,17)18/h4-7,10,13H,8-9H2,1-3H3. The lowest BCUT2D eigenvalue weighted by Gasteiger charge is -2.19. The highest BCUT2D eigenvalue weighted by atomic mass is 32.2. The van der Waals surface area contributed by atoms with E-state index in [1.165, 1.54) is 5.01 Å². The van der Waals surface area contributed by atoms with Crippen LogP contribution in [0, 0.1) is 4.91 Å². The molecule has 7 heteroatoms. The molecule has 0 spiro atoms. The van der Waals surface area contributed by atoms with Crippen LogP contribution < -0.4 is 4.72 Å². The predicted octanol–water partition coefficient (Wildman–Crippen LogP) is 1.99. The van der Waals surface area contributed by atoms with Crippen LogP contribution in [-0.2, 0) is 16.4 Å². The van der Waals surface area contributed by atoms with Crippen molar-refractivity contribution in [3.05, 3.63) is 34.7 Å². The van der Waals surface area contributed by atoms with Crippen molar-refractivity contribution in [2.75, 3.05) is 17.5 Å². The smallest absolute Gasteiger partial charge is 0.229 e. The van der Waals surface area contributed by atoms with Crippen molar-refractivity contribution in [3.8, 4) is 0 Å². The van der Waals surface area contributed by atoms with Crippen LogP contribution in [-0.4, -0.2) is 32.3 Å². The Bertz CT molecular complexity index is 512. The molecule has 1 aromatic carbocycles. The van der Waals surface area contributed by atoms with Gasteiger partial charge in [-0.1, -0.05) is 12.1 Å². The second-order valence-corrected chi connectivity index (χ2v) is 6.41. The molecule has 0 radical (unpaired) electrons. The number of rotatable bonds is 7. The Labute approximate surface area is 113 Å². The van der Waals surface area contributed by atoms with E-state index in [2.05, 4.69) is 10.0 Å². The topological polar surface area (TPSA) is 78.8 Å². The summed E-state index contributed by atoms with van der Waals surface area (Å²) in [5.41, 5.74) is 1.55. The van der Waals surface area contributed by atoms with E-state index in [1.54, 1.807) is 12.1 Å². The average molecular weight is 285 g/mol. The molecule has 0 saturated carbocycles. The second-order valence-electron chi connectivity index (χ2n) is 4.66. The molecule has 1 N–H and O–H groups in total. The molecule has 1 aromatic rings. The Morgan fingerprint density at radius 2 is 1.84 bits per heavy atom. The third-order valence-electron chi connectivity index (χ3n) is 2.59. The summed E-state index contributed by atoms with van der Waals surface area (Å²) in [5, 5.41) is 4.44. The fraction of sp³-hybridized carbons (Fsp3) is 0.500. The predicted molar refractivity (Wildman–Crippen MR) is 76.2 cm³/mol.